The van der Waals surface area contributed by atoms with Crippen molar-refractivity contribution in [3.05, 3.63) is 83.9 Å². The van der Waals surface area contributed by atoms with Crippen molar-refractivity contribution in [2.45, 2.75) is 19.8 Å². The van der Waals surface area contributed by atoms with E-state index in [-0.39, 0.29) is 23.6 Å². The molecule has 5 rings (SSSR count). The standard InChI is InChI=1S/C29H30ClN3O2/c1-29(2,19-30)28(35)31-20-11-13-21(14-12-20)32-15-17-33(18-16-32)27(34)26-24-9-5-3-7-22(24)23-8-4-6-10-25(23)26/h3-14,26H,15-19H2,1-2H3,(H,31,35). The van der Waals surface area contributed by atoms with Gasteiger partial charge in [0.05, 0.1) is 11.3 Å². The Hall–Kier alpha value is -3.31. The summed E-state index contributed by atoms with van der Waals surface area (Å²) in [6.07, 6.45) is 0. The highest BCUT2D eigenvalue weighted by Gasteiger charge is 2.36. The molecule has 35 heavy (non-hydrogen) atoms. The van der Waals surface area contributed by atoms with Gasteiger partial charge in [0.1, 0.15) is 0 Å². The van der Waals surface area contributed by atoms with Gasteiger partial charge in [0.15, 0.2) is 0 Å². The van der Waals surface area contributed by atoms with Crippen LogP contribution in [-0.2, 0) is 9.59 Å². The van der Waals surface area contributed by atoms with Crippen LogP contribution in [0.1, 0.15) is 30.9 Å². The van der Waals surface area contributed by atoms with E-state index in [0.717, 1.165) is 35.6 Å². The zero-order valence-corrected chi connectivity index (χ0v) is 20.9. The summed E-state index contributed by atoms with van der Waals surface area (Å²) in [7, 11) is 0. The van der Waals surface area contributed by atoms with E-state index in [0.29, 0.717) is 13.1 Å². The topological polar surface area (TPSA) is 52.7 Å². The lowest BCUT2D eigenvalue weighted by molar-refractivity contribution is -0.132. The molecule has 1 heterocycles. The van der Waals surface area contributed by atoms with Gasteiger partial charge in [-0.3, -0.25) is 9.59 Å². The zero-order chi connectivity index (χ0) is 24.6. The van der Waals surface area contributed by atoms with Gasteiger partial charge in [-0.1, -0.05) is 48.5 Å². The van der Waals surface area contributed by atoms with E-state index in [1.807, 2.05) is 67.3 Å². The van der Waals surface area contributed by atoms with Gasteiger partial charge in [-0.05, 0) is 60.4 Å². The smallest absolute Gasteiger partial charge is 0.234 e. The lowest BCUT2D eigenvalue weighted by Crippen LogP contribution is -2.50. The third-order valence-corrected chi connectivity index (χ3v) is 7.78. The molecule has 3 aromatic carbocycles. The molecule has 0 atom stereocenters. The maximum atomic E-state index is 13.7. The molecule has 0 spiro atoms. The molecule has 1 saturated heterocycles. The van der Waals surface area contributed by atoms with E-state index >= 15 is 0 Å². The van der Waals surface area contributed by atoms with Gasteiger partial charge in [0.2, 0.25) is 11.8 Å². The Labute approximate surface area is 211 Å². The summed E-state index contributed by atoms with van der Waals surface area (Å²) in [5, 5.41) is 2.94. The number of halogens is 1. The van der Waals surface area contributed by atoms with Crippen LogP contribution in [0, 0.1) is 5.41 Å². The van der Waals surface area contributed by atoms with Gasteiger partial charge in [0.25, 0.3) is 0 Å². The van der Waals surface area contributed by atoms with Gasteiger partial charge < -0.3 is 15.1 Å². The maximum Gasteiger partial charge on any atom is 0.234 e. The Morgan fingerprint density at radius 2 is 1.40 bits per heavy atom. The molecule has 1 aliphatic carbocycles. The molecular formula is C29H30ClN3O2. The summed E-state index contributed by atoms with van der Waals surface area (Å²) < 4.78 is 0. The van der Waals surface area contributed by atoms with Crippen molar-refractivity contribution in [2.75, 3.05) is 42.3 Å². The van der Waals surface area contributed by atoms with E-state index in [4.69, 9.17) is 11.6 Å². The third-order valence-electron chi connectivity index (χ3n) is 7.11. The number of hydrogen-bond acceptors (Lipinski definition) is 3. The van der Waals surface area contributed by atoms with Crippen LogP contribution in [0.3, 0.4) is 0 Å². The Kier molecular flexibility index (Phi) is 6.28. The molecule has 2 aliphatic rings. The van der Waals surface area contributed by atoms with Crippen LogP contribution >= 0.6 is 11.6 Å². The molecule has 1 fully saturated rings. The van der Waals surface area contributed by atoms with Crippen molar-refractivity contribution in [2.24, 2.45) is 5.41 Å². The number of hydrogen-bond donors (Lipinski definition) is 1. The number of fused-ring (bicyclic) bond motifs is 3. The quantitative estimate of drug-likeness (QED) is 0.493. The van der Waals surface area contributed by atoms with Crippen LogP contribution in [0.15, 0.2) is 72.8 Å². The normalized spacial score (nSPS) is 15.5. The monoisotopic (exact) mass is 487 g/mol. The fourth-order valence-corrected chi connectivity index (χ4v) is 5.03. The summed E-state index contributed by atoms with van der Waals surface area (Å²) in [5.74, 6) is 0.122. The highest BCUT2D eigenvalue weighted by Crippen LogP contribution is 2.45. The molecule has 0 radical (unpaired) electrons. The summed E-state index contributed by atoms with van der Waals surface area (Å²) in [6.45, 7) is 6.56. The molecule has 0 unspecified atom stereocenters. The number of carbonyl (C=O) groups is 2. The number of carbonyl (C=O) groups excluding carboxylic acids is 2. The molecule has 2 amide bonds. The fourth-order valence-electron chi connectivity index (χ4n) is 4.91. The number of rotatable bonds is 5. The molecule has 1 aliphatic heterocycles. The van der Waals surface area contributed by atoms with Gasteiger partial charge >= 0.3 is 0 Å². The Morgan fingerprint density at radius 3 is 1.94 bits per heavy atom. The highest BCUT2D eigenvalue weighted by atomic mass is 35.5. The van der Waals surface area contributed by atoms with Crippen molar-refractivity contribution in [1.82, 2.24) is 4.90 Å². The van der Waals surface area contributed by atoms with E-state index in [2.05, 4.69) is 34.5 Å². The first-order valence-electron chi connectivity index (χ1n) is 12.1. The van der Waals surface area contributed by atoms with Crippen LogP contribution in [0.25, 0.3) is 11.1 Å². The van der Waals surface area contributed by atoms with Gasteiger partial charge in [-0.15, -0.1) is 11.6 Å². The minimum absolute atomic E-state index is 0.0950. The minimum Gasteiger partial charge on any atom is -0.368 e. The van der Waals surface area contributed by atoms with Crippen molar-refractivity contribution in [1.29, 1.82) is 0 Å². The lowest BCUT2D eigenvalue weighted by atomic mass is 9.95. The van der Waals surface area contributed by atoms with Crippen molar-refractivity contribution >= 4 is 34.8 Å². The number of nitrogens with zero attached hydrogens (tertiary/aromatic N) is 2. The van der Waals surface area contributed by atoms with Crippen LogP contribution in [0.4, 0.5) is 11.4 Å². The summed E-state index contributed by atoms with van der Waals surface area (Å²) in [4.78, 5) is 30.3. The average molecular weight is 488 g/mol. The number of alkyl halides is 1. The zero-order valence-electron chi connectivity index (χ0n) is 20.1. The van der Waals surface area contributed by atoms with Gasteiger partial charge in [-0.2, -0.15) is 0 Å². The number of benzene rings is 3. The molecule has 0 saturated carbocycles. The Bertz CT molecular complexity index is 1200. The van der Waals surface area contributed by atoms with Crippen molar-refractivity contribution in [3.63, 3.8) is 0 Å². The summed E-state index contributed by atoms with van der Waals surface area (Å²) >= 11 is 5.91. The molecule has 3 aromatic rings. The predicted octanol–water partition coefficient (Wildman–Crippen LogP) is 5.35. The van der Waals surface area contributed by atoms with Crippen LogP contribution < -0.4 is 10.2 Å². The predicted molar refractivity (Wildman–Crippen MR) is 142 cm³/mol. The number of anilines is 2. The van der Waals surface area contributed by atoms with Crippen molar-refractivity contribution < 1.29 is 9.59 Å². The Morgan fingerprint density at radius 1 is 0.857 bits per heavy atom. The van der Waals surface area contributed by atoms with Crippen LogP contribution in [0.2, 0.25) is 0 Å². The number of piperazine rings is 1. The van der Waals surface area contributed by atoms with Crippen LogP contribution in [-0.4, -0.2) is 48.8 Å². The lowest BCUT2D eigenvalue weighted by Gasteiger charge is -2.37. The van der Waals surface area contributed by atoms with E-state index in [9.17, 15) is 9.59 Å². The first-order chi connectivity index (χ1) is 16.9. The fraction of sp³-hybridized carbons (Fsp3) is 0.310. The van der Waals surface area contributed by atoms with Gasteiger partial charge in [-0.25, -0.2) is 0 Å². The van der Waals surface area contributed by atoms with E-state index in [1.165, 1.54) is 11.1 Å². The average Bonchev–Trinajstić information content (AvgIpc) is 3.23. The highest BCUT2D eigenvalue weighted by molar-refractivity contribution is 6.20. The Balaban J connectivity index is 1.24. The molecule has 0 bridgehead atoms. The second-order valence-electron chi connectivity index (χ2n) is 9.94. The largest absolute Gasteiger partial charge is 0.368 e. The molecule has 1 N–H and O–H groups in total. The molecular weight excluding hydrogens is 458 g/mol. The molecule has 6 heteroatoms. The summed E-state index contributed by atoms with van der Waals surface area (Å²) in [5.41, 5.74) is 5.77. The second kappa shape index (κ2) is 9.38. The number of nitrogens with one attached hydrogen (secondary N) is 1. The molecule has 180 valence electrons. The van der Waals surface area contributed by atoms with E-state index in [1.54, 1.807) is 0 Å². The SMILES string of the molecule is CC(C)(CCl)C(=O)Nc1ccc(N2CCN(C(=O)C3c4ccccc4-c4ccccc43)CC2)cc1. The molecule has 5 nitrogen and oxygen atoms in total. The van der Waals surface area contributed by atoms with Gasteiger partial charge in [0, 0.05) is 43.4 Å². The summed E-state index contributed by atoms with van der Waals surface area (Å²) in [6, 6.07) is 24.4. The maximum absolute atomic E-state index is 13.7. The van der Waals surface area contributed by atoms with E-state index < -0.39 is 5.41 Å². The molecule has 0 aromatic heterocycles. The first kappa shape index (κ1) is 23.4. The third kappa shape index (κ3) is 4.41. The minimum atomic E-state index is -0.622. The van der Waals surface area contributed by atoms with Crippen LogP contribution in [0.5, 0.6) is 0 Å². The van der Waals surface area contributed by atoms with Crippen molar-refractivity contribution in [3.8, 4) is 11.1 Å². The number of amides is 2. The second-order valence-corrected chi connectivity index (χ2v) is 10.2. The first-order valence-corrected chi connectivity index (χ1v) is 12.6.